The van der Waals surface area contributed by atoms with Gasteiger partial charge in [-0.25, -0.2) is 22.6 Å². The molecule has 306 valence electrons. The van der Waals surface area contributed by atoms with Gasteiger partial charge in [0.05, 0.1) is 10.9 Å². The number of pyridine rings is 1. The average molecular weight is 809 g/mol. The zero-order valence-corrected chi connectivity index (χ0v) is 33.0. The van der Waals surface area contributed by atoms with Gasteiger partial charge in [0.2, 0.25) is 21.8 Å². The highest BCUT2D eigenvalue weighted by Crippen LogP contribution is 2.47. The molecule has 2 saturated carbocycles. The molecule has 0 bridgehead atoms. The molecular formula is C40H49FN6O9S. The molecule has 6 atom stereocenters. The van der Waals surface area contributed by atoms with Crippen molar-refractivity contribution >= 4 is 39.7 Å². The summed E-state index contributed by atoms with van der Waals surface area (Å²) in [6.45, 7) is 5.40. The number of nitrogens with zero attached hydrogens (tertiary/aromatic N) is 3. The second-order valence-electron chi connectivity index (χ2n) is 16.9. The zero-order valence-electron chi connectivity index (χ0n) is 32.2. The molecule has 5 aliphatic rings. The number of carbonyl (C=O) groups is 5. The van der Waals surface area contributed by atoms with E-state index in [-0.39, 0.29) is 44.1 Å². The smallest absolute Gasteiger partial charge is 0.408 e. The first-order valence-electron chi connectivity index (χ1n) is 19.6. The molecule has 1 aromatic heterocycles. The van der Waals surface area contributed by atoms with Gasteiger partial charge in [0, 0.05) is 43.0 Å². The van der Waals surface area contributed by atoms with Crippen molar-refractivity contribution in [3.05, 3.63) is 60.1 Å². The van der Waals surface area contributed by atoms with Gasteiger partial charge in [0.25, 0.3) is 11.8 Å². The molecule has 2 saturated heterocycles. The molecule has 0 radical (unpaired) electrons. The fraction of sp³-hybridized carbons (Fsp3) is 0.550. The van der Waals surface area contributed by atoms with Gasteiger partial charge in [0.1, 0.15) is 28.9 Å². The molecule has 15 nitrogen and oxygen atoms in total. The van der Waals surface area contributed by atoms with Crippen LogP contribution in [0.3, 0.4) is 0 Å². The van der Waals surface area contributed by atoms with E-state index in [0.29, 0.717) is 36.9 Å². The summed E-state index contributed by atoms with van der Waals surface area (Å²) in [6.07, 6.45) is 7.06. The van der Waals surface area contributed by atoms with E-state index in [0.717, 1.165) is 18.9 Å². The van der Waals surface area contributed by atoms with Crippen LogP contribution in [0, 0.1) is 23.6 Å². The molecule has 4 heterocycles. The Bertz CT molecular complexity index is 2100. The quantitative estimate of drug-likeness (QED) is 0.313. The van der Waals surface area contributed by atoms with Gasteiger partial charge >= 0.3 is 6.09 Å². The van der Waals surface area contributed by atoms with E-state index in [1.807, 2.05) is 12.2 Å². The largest absolute Gasteiger partial charge is 0.505 e. The Morgan fingerprint density at radius 1 is 1.04 bits per heavy atom. The number of benzene rings is 1. The molecule has 1 aromatic carbocycles. The van der Waals surface area contributed by atoms with Crippen LogP contribution in [0.4, 0.5) is 9.18 Å². The van der Waals surface area contributed by atoms with Gasteiger partial charge in [-0.05, 0) is 89.6 Å². The highest BCUT2D eigenvalue weighted by molar-refractivity contribution is 7.91. The van der Waals surface area contributed by atoms with Gasteiger partial charge in [-0.1, -0.05) is 31.1 Å². The number of likely N-dealkylation sites (tertiary alicyclic amines) is 1. The van der Waals surface area contributed by atoms with Crippen molar-refractivity contribution in [3.63, 3.8) is 0 Å². The molecule has 4 fully saturated rings. The van der Waals surface area contributed by atoms with E-state index in [4.69, 9.17) is 4.74 Å². The Labute approximate surface area is 330 Å². The van der Waals surface area contributed by atoms with E-state index in [9.17, 15) is 41.9 Å². The number of sulfonamides is 1. The third-order valence-corrected chi connectivity index (χ3v) is 13.2. The second kappa shape index (κ2) is 15.4. The van der Waals surface area contributed by atoms with Crippen molar-refractivity contribution in [2.45, 2.75) is 101 Å². The van der Waals surface area contributed by atoms with E-state index in [1.54, 1.807) is 37.8 Å². The maximum Gasteiger partial charge on any atom is 0.408 e. The van der Waals surface area contributed by atoms with E-state index >= 15 is 0 Å². The van der Waals surface area contributed by atoms with Crippen LogP contribution in [0.5, 0.6) is 5.75 Å². The summed E-state index contributed by atoms with van der Waals surface area (Å²) in [6, 6.07) is 6.32. The molecule has 17 heteroatoms. The van der Waals surface area contributed by atoms with Crippen molar-refractivity contribution in [1.29, 1.82) is 0 Å². The lowest BCUT2D eigenvalue weighted by Crippen LogP contribution is -2.60. The van der Waals surface area contributed by atoms with Crippen molar-refractivity contribution in [2.24, 2.45) is 17.8 Å². The number of fused-ring (bicyclic) bond motifs is 4. The summed E-state index contributed by atoms with van der Waals surface area (Å²) >= 11 is 0. The Kier molecular flexibility index (Phi) is 10.8. The molecule has 57 heavy (non-hydrogen) atoms. The standard InChI is InChI=1S/C40H49FN6O9S/c1-39(2,3)56-38(53)43-31-11-8-6-4-5-7-10-25-19-40(25,37(52)45-57(54,55)26-15-16-26)44-34(49)33-27-22-46(20-24(27)21-47(33)36(31)51)35(50)30-13-9-12-29(42-30)23-14-17-32(48)28(41)18-23/h7,9-10,12-14,17-18,24-27,31,33,48H,4-6,8,11,15-16,19-22H2,1-3H3,(H,43,53)(H,44,49)(H,45,52)/b10-7-/t24-,25-,27-,31-,33-,40+/m0/s1. The summed E-state index contributed by atoms with van der Waals surface area (Å²) in [5.74, 6) is -5.25. The summed E-state index contributed by atoms with van der Waals surface area (Å²) < 4.78 is 47.6. The van der Waals surface area contributed by atoms with Crippen LogP contribution in [0.15, 0.2) is 48.6 Å². The monoisotopic (exact) mass is 808 g/mol. The summed E-state index contributed by atoms with van der Waals surface area (Å²) in [5, 5.41) is 14.6. The van der Waals surface area contributed by atoms with Gasteiger partial charge in [-0.2, -0.15) is 0 Å². The number of phenolic OH excluding ortho intramolecular Hbond substituents is 1. The number of hydrogen-bond acceptors (Lipinski definition) is 10. The third kappa shape index (κ3) is 8.62. The lowest BCUT2D eigenvalue weighted by atomic mass is 9.93. The number of aromatic nitrogens is 1. The SMILES string of the molecule is CC(C)(C)OC(=O)N[C@H]1CCCCC/C=C\[C@H]2C[C@@]2(C(=O)NS(=O)(=O)C2CC2)NC(=O)[C@@H]2[C@H]3CN(C(=O)c4cccc(-c5ccc(O)c(F)c5)n4)C[C@H]3CN2C1=O. The number of halogens is 1. The summed E-state index contributed by atoms with van der Waals surface area (Å²) in [4.78, 5) is 77.4. The van der Waals surface area contributed by atoms with E-state index in [2.05, 4.69) is 20.3 Å². The van der Waals surface area contributed by atoms with Crippen molar-refractivity contribution in [2.75, 3.05) is 19.6 Å². The number of hydrogen-bond donors (Lipinski definition) is 4. The Hall–Kier alpha value is -5.06. The van der Waals surface area contributed by atoms with Gasteiger partial charge in [0.15, 0.2) is 11.6 Å². The maximum absolute atomic E-state index is 14.7. The number of ether oxygens (including phenoxy) is 1. The van der Waals surface area contributed by atoms with Crippen molar-refractivity contribution < 1.29 is 46.6 Å². The molecule has 7 rings (SSSR count). The van der Waals surface area contributed by atoms with E-state index < -0.39 is 91.6 Å². The zero-order chi connectivity index (χ0) is 40.9. The first kappa shape index (κ1) is 40.1. The highest BCUT2D eigenvalue weighted by Gasteiger charge is 2.63. The van der Waals surface area contributed by atoms with Crippen LogP contribution in [0.2, 0.25) is 0 Å². The molecule has 2 aromatic rings. The Morgan fingerprint density at radius 2 is 1.81 bits per heavy atom. The highest BCUT2D eigenvalue weighted by atomic mass is 32.2. The number of alkyl carbamates (subject to hydrolysis) is 1. The van der Waals surface area contributed by atoms with Crippen LogP contribution in [-0.4, -0.2) is 106 Å². The second-order valence-corrected chi connectivity index (χ2v) is 18.8. The van der Waals surface area contributed by atoms with Crippen molar-refractivity contribution in [1.82, 2.24) is 30.1 Å². The third-order valence-electron chi connectivity index (χ3n) is 11.4. The number of nitrogens with one attached hydrogen (secondary N) is 3. The van der Waals surface area contributed by atoms with Crippen LogP contribution in [0.1, 0.15) is 82.6 Å². The molecule has 3 aliphatic heterocycles. The number of carbonyl (C=O) groups excluding carboxylic acids is 5. The number of amides is 5. The van der Waals surface area contributed by atoms with Crippen molar-refractivity contribution in [3.8, 4) is 17.0 Å². The maximum atomic E-state index is 14.7. The molecule has 0 unspecified atom stereocenters. The predicted octanol–water partition coefficient (Wildman–Crippen LogP) is 3.39. The van der Waals surface area contributed by atoms with Gasteiger partial charge in [-0.3, -0.25) is 23.9 Å². The number of rotatable bonds is 6. The minimum absolute atomic E-state index is 0.0495. The van der Waals surface area contributed by atoms with E-state index in [1.165, 1.54) is 23.1 Å². The first-order chi connectivity index (χ1) is 27.0. The normalized spacial score (nSPS) is 28.5. The van der Waals surface area contributed by atoms with Crippen LogP contribution < -0.4 is 15.4 Å². The molecular weight excluding hydrogens is 760 g/mol. The van der Waals surface area contributed by atoms with Crippen LogP contribution in [0.25, 0.3) is 11.3 Å². The fourth-order valence-electron chi connectivity index (χ4n) is 8.23. The predicted molar refractivity (Wildman–Crippen MR) is 204 cm³/mol. The topological polar surface area (TPSA) is 204 Å². The Morgan fingerprint density at radius 3 is 2.53 bits per heavy atom. The Balaban J connectivity index is 1.18. The average Bonchev–Trinajstić information content (AvgIpc) is 4.04. The minimum Gasteiger partial charge on any atom is -0.505 e. The summed E-state index contributed by atoms with van der Waals surface area (Å²) in [7, 11) is -3.94. The van der Waals surface area contributed by atoms with Crippen LogP contribution >= 0.6 is 0 Å². The fourth-order valence-corrected chi connectivity index (χ4v) is 9.59. The minimum atomic E-state index is -3.94. The van der Waals surface area contributed by atoms with Gasteiger partial charge in [-0.15, -0.1) is 0 Å². The number of aromatic hydroxyl groups is 1. The first-order valence-corrected chi connectivity index (χ1v) is 21.1. The van der Waals surface area contributed by atoms with Gasteiger partial charge < -0.3 is 30.3 Å². The molecule has 0 spiro atoms. The number of phenols is 1. The lowest BCUT2D eigenvalue weighted by Gasteiger charge is -2.33. The lowest BCUT2D eigenvalue weighted by molar-refractivity contribution is -0.142. The molecule has 5 amide bonds. The summed E-state index contributed by atoms with van der Waals surface area (Å²) in [5.41, 5.74) is -1.67. The number of allylic oxidation sites excluding steroid dienone is 1. The van der Waals surface area contributed by atoms with Crippen LogP contribution in [-0.2, 0) is 29.1 Å². The molecule has 4 N–H and O–H groups in total. The molecule has 2 aliphatic carbocycles.